The Kier molecular flexibility index (Phi) is 2.66. The molecule has 5 nitrogen and oxygen atoms in total. The summed E-state index contributed by atoms with van der Waals surface area (Å²) in [4.78, 5) is 24.9. The van der Waals surface area contributed by atoms with E-state index in [9.17, 15) is 9.59 Å². The lowest BCUT2D eigenvalue weighted by molar-refractivity contribution is 0.0697. The zero-order valence-corrected chi connectivity index (χ0v) is 9.56. The lowest BCUT2D eigenvalue weighted by Gasteiger charge is -2.07. The third-order valence-electron chi connectivity index (χ3n) is 2.11. The molecule has 2 aromatic rings. The van der Waals surface area contributed by atoms with Gasteiger partial charge < -0.3 is 10.1 Å². The first kappa shape index (κ1) is 10.7. The van der Waals surface area contributed by atoms with Gasteiger partial charge in [-0.1, -0.05) is 6.07 Å². The number of aromatic amines is 1. The van der Waals surface area contributed by atoms with Gasteiger partial charge in [0.1, 0.15) is 0 Å². The Hall–Kier alpha value is -1.82. The van der Waals surface area contributed by atoms with Gasteiger partial charge in [-0.15, -0.1) is 0 Å². The third kappa shape index (κ3) is 1.67. The quantitative estimate of drug-likeness (QED) is 0.879. The Bertz CT molecular complexity index is 600. The third-order valence-corrected chi connectivity index (χ3v) is 2.75. The van der Waals surface area contributed by atoms with Gasteiger partial charge in [-0.2, -0.15) is 0 Å². The van der Waals surface area contributed by atoms with Crippen molar-refractivity contribution in [3.8, 4) is 5.69 Å². The highest BCUT2D eigenvalue weighted by Crippen LogP contribution is 2.23. The van der Waals surface area contributed by atoms with Crippen molar-refractivity contribution in [2.75, 3.05) is 0 Å². The SMILES string of the molecule is O=C(O)c1cccc(Br)c1-n1cc[nH]c1=O. The standard InChI is InChI=1S/C10H7BrN2O3/c11-7-3-1-2-6(9(14)15)8(7)13-5-4-12-10(13)16/h1-5H,(H,12,16)(H,14,15). The molecule has 0 unspecified atom stereocenters. The maximum absolute atomic E-state index is 11.4. The number of carboxylic acid groups (broad SMARTS) is 1. The average Bonchev–Trinajstić information content (AvgIpc) is 2.64. The Labute approximate surface area is 98.5 Å². The van der Waals surface area contributed by atoms with Gasteiger partial charge in [0.15, 0.2) is 0 Å². The van der Waals surface area contributed by atoms with E-state index >= 15 is 0 Å². The summed E-state index contributed by atoms with van der Waals surface area (Å²) in [6.07, 6.45) is 2.93. The molecule has 16 heavy (non-hydrogen) atoms. The smallest absolute Gasteiger partial charge is 0.337 e. The molecule has 0 bridgehead atoms. The molecular formula is C10H7BrN2O3. The highest BCUT2D eigenvalue weighted by atomic mass is 79.9. The number of hydrogen-bond donors (Lipinski definition) is 2. The average molecular weight is 283 g/mol. The van der Waals surface area contributed by atoms with E-state index in [1.54, 1.807) is 12.1 Å². The summed E-state index contributed by atoms with van der Waals surface area (Å²) in [5.41, 5.74) is 0.00623. The first-order chi connectivity index (χ1) is 7.61. The summed E-state index contributed by atoms with van der Waals surface area (Å²) >= 11 is 3.23. The monoisotopic (exact) mass is 282 g/mol. The maximum atomic E-state index is 11.4. The predicted molar refractivity (Wildman–Crippen MR) is 61.0 cm³/mol. The fourth-order valence-electron chi connectivity index (χ4n) is 1.43. The molecule has 1 heterocycles. The number of nitrogens with zero attached hydrogens (tertiary/aromatic N) is 1. The molecule has 1 aromatic carbocycles. The fraction of sp³-hybridized carbons (Fsp3) is 0. The van der Waals surface area contributed by atoms with Gasteiger partial charge in [-0.25, -0.2) is 9.59 Å². The summed E-state index contributed by atoms with van der Waals surface area (Å²) in [7, 11) is 0. The first-order valence-corrected chi connectivity index (χ1v) is 5.19. The fourth-order valence-corrected chi connectivity index (χ4v) is 1.99. The number of carboxylic acids is 1. The normalized spacial score (nSPS) is 10.3. The topological polar surface area (TPSA) is 75.1 Å². The van der Waals surface area contributed by atoms with Crippen molar-refractivity contribution in [2.45, 2.75) is 0 Å². The number of aromatic nitrogens is 2. The zero-order valence-electron chi connectivity index (χ0n) is 7.98. The number of para-hydroxylation sites is 1. The van der Waals surface area contributed by atoms with E-state index in [1.807, 2.05) is 0 Å². The van der Waals surface area contributed by atoms with Crippen molar-refractivity contribution < 1.29 is 9.90 Å². The lowest BCUT2D eigenvalue weighted by Crippen LogP contribution is -2.17. The van der Waals surface area contributed by atoms with Crippen LogP contribution in [0.25, 0.3) is 5.69 Å². The van der Waals surface area contributed by atoms with Crippen LogP contribution in [0, 0.1) is 0 Å². The summed E-state index contributed by atoms with van der Waals surface area (Å²) in [5.74, 6) is -1.08. The summed E-state index contributed by atoms with van der Waals surface area (Å²) in [6.45, 7) is 0. The molecule has 0 amide bonds. The second-order valence-corrected chi connectivity index (χ2v) is 3.93. The molecule has 0 saturated heterocycles. The second kappa shape index (κ2) is 3.97. The van der Waals surface area contributed by atoms with Crippen LogP contribution in [0.1, 0.15) is 10.4 Å². The molecule has 1 aromatic heterocycles. The molecule has 82 valence electrons. The number of H-pyrrole nitrogens is 1. The molecule has 0 atom stereocenters. The van der Waals surface area contributed by atoms with Gasteiger partial charge in [0.05, 0.1) is 11.3 Å². The molecule has 2 N–H and O–H groups in total. The molecule has 0 radical (unpaired) electrons. The number of nitrogens with one attached hydrogen (secondary N) is 1. The van der Waals surface area contributed by atoms with Crippen molar-refractivity contribution in [3.05, 3.63) is 51.1 Å². The van der Waals surface area contributed by atoms with Crippen molar-refractivity contribution in [3.63, 3.8) is 0 Å². The molecule has 0 spiro atoms. The van der Waals surface area contributed by atoms with Crippen molar-refractivity contribution >= 4 is 21.9 Å². The first-order valence-electron chi connectivity index (χ1n) is 4.39. The summed E-state index contributed by atoms with van der Waals surface area (Å²) in [6, 6.07) is 4.73. The van der Waals surface area contributed by atoms with Crippen LogP contribution in [0.15, 0.2) is 39.9 Å². The number of halogens is 1. The zero-order chi connectivity index (χ0) is 11.7. The number of rotatable bonds is 2. The van der Waals surface area contributed by atoms with Crippen LogP contribution in [0.4, 0.5) is 0 Å². The van der Waals surface area contributed by atoms with Gasteiger partial charge in [-0.05, 0) is 28.1 Å². The van der Waals surface area contributed by atoms with Crippen LogP contribution >= 0.6 is 15.9 Å². The van der Waals surface area contributed by atoms with E-state index in [-0.39, 0.29) is 11.3 Å². The van der Waals surface area contributed by atoms with Gasteiger partial charge in [0.2, 0.25) is 0 Å². The van der Waals surface area contributed by atoms with E-state index in [4.69, 9.17) is 5.11 Å². The highest BCUT2D eigenvalue weighted by molar-refractivity contribution is 9.10. The van der Waals surface area contributed by atoms with Crippen LogP contribution in [-0.4, -0.2) is 20.6 Å². The van der Waals surface area contributed by atoms with Crippen molar-refractivity contribution in [2.24, 2.45) is 0 Å². The van der Waals surface area contributed by atoms with E-state index in [0.29, 0.717) is 10.2 Å². The van der Waals surface area contributed by atoms with E-state index in [2.05, 4.69) is 20.9 Å². The Balaban J connectivity index is 2.78. The largest absolute Gasteiger partial charge is 0.478 e. The van der Waals surface area contributed by atoms with Gasteiger partial charge in [0.25, 0.3) is 0 Å². The van der Waals surface area contributed by atoms with Crippen LogP contribution in [0.3, 0.4) is 0 Å². The molecule has 0 saturated carbocycles. The Morgan fingerprint density at radius 1 is 1.44 bits per heavy atom. The number of carbonyl (C=O) groups is 1. The van der Waals surface area contributed by atoms with E-state index in [1.165, 1.54) is 23.0 Å². The minimum Gasteiger partial charge on any atom is -0.478 e. The predicted octanol–water partition coefficient (Wildman–Crippen LogP) is 1.63. The number of aromatic carboxylic acids is 1. The number of hydrogen-bond acceptors (Lipinski definition) is 2. The molecule has 0 aliphatic heterocycles. The molecule has 2 rings (SSSR count). The molecular weight excluding hydrogens is 276 g/mol. The van der Waals surface area contributed by atoms with Gasteiger partial charge in [-0.3, -0.25) is 4.57 Å². The van der Waals surface area contributed by atoms with Crippen LogP contribution in [0.2, 0.25) is 0 Å². The van der Waals surface area contributed by atoms with Crippen molar-refractivity contribution in [1.29, 1.82) is 0 Å². The van der Waals surface area contributed by atoms with Crippen LogP contribution in [-0.2, 0) is 0 Å². The number of imidazole rings is 1. The molecule has 6 heteroatoms. The molecule has 0 aliphatic carbocycles. The van der Waals surface area contributed by atoms with Crippen LogP contribution < -0.4 is 5.69 Å². The number of benzene rings is 1. The minimum absolute atomic E-state index is 0.0658. The molecule has 0 fully saturated rings. The van der Waals surface area contributed by atoms with E-state index in [0.717, 1.165) is 0 Å². The summed E-state index contributed by atoms with van der Waals surface area (Å²) in [5, 5.41) is 9.03. The maximum Gasteiger partial charge on any atom is 0.337 e. The lowest BCUT2D eigenvalue weighted by atomic mass is 10.2. The van der Waals surface area contributed by atoms with Gasteiger partial charge >= 0.3 is 11.7 Å². The highest BCUT2D eigenvalue weighted by Gasteiger charge is 2.15. The Morgan fingerprint density at radius 2 is 2.19 bits per heavy atom. The summed E-state index contributed by atoms with van der Waals surface area (Å²) < 4.78 is 1.79. The Morgan fingerprint density at radius 3 is 2.75 bits per heavy atom. The van der Waals surface area contributed by atoms with E-state index < -0.39 is 5.97 Å². The minimum atomic E-state index is -1.08. The van der Waals surface area contributed by atoms with Crippen LogP contribution in [0.5, 0.6) is 0 Å². The molecule has 0 aliphatic rings. The van der Waals surface area contributed by atoms with Crippen molar-refractivity contribution in [1.82, 2.24) is 9.55 Å². The second-order valence-electron chi connectivity index (χ2n) is 3.08. The van der Waals surface area contributed by atoms with Gasteiger partial charge in [0, 0.05) is 16.9 Å².